The van der Waals surface area contributed by atoms with Crippen LogP contribution in [0.25, 0.3) is 10.9 Å². The van der Waals surface area contributed by atoms with E-state index in [0.717, 1.165) is 38.6 Å². The van der Waals surface area contributed by atoms with E-state index >= 15 is 0 Å². The minimum absolute atomic E-state index is 0.184. The number of amides is 1. The minimum Gasteiger partial charge on any atom is -0.494 e. The fourth-order valence-corrected chi connectivity index (χ4v) is 4.44. The number of esters is 1. The summed E-state index contributed by atoms with van der Waals surface area (Å²) >= 11 is 2.47. The number of aryl methyl sites for hydroxylation is 2. The van der Waals surface area contributed by atoms with Gasteiger partial charge in [-0.2, -0.15) is 0 Å². The Morgan fingerprint density at radius 2 is 1.93 bits per heavy atom. The average Bonchev–Trinajstić information content (AvgIpc) is 3.07. The molecule has 0 unspecified atom stereocenters. The molecule has 0 spiro atoms. The van der Waals surface area contributed by atoms with Gasteiger partial charge in [0.1, 0.15) is 15.7 Å². The topological polar surface area (TPSA) is 90.4 Å². The maximum Gasteiger partial charge on any atom is 0.350 e. The van der Waals surface area contributed by atoms with Crippen molar-refractivity contribution in [3.63, 3.8) is 0 Å². The van der Waals surface area contributed by atoms with Crippen LogP contribution in [0.15, 0.2) is 29.3 Å². The number of thioether (sulfide) groups is 1. The monoisotopic (exact) mass is 445 g/mol. The third kappa shape index (κ3) is 5.28. The molecular weight excluding hydrogens is 422 g/mol. The Kier molecular flexibility index (Phi) is 7.28. The van der Waals surface area contributed by atoms with Crippen LogP contribution in [0.2, 0.25) is 0 Å². The zero-order chi connectivity index (χ0) is 21.7. The highest BCUT2D eigenvalue weighted by molar-refractivity contribution is 8.00. The summed E-state index contributed by atoms with van der Waals surface area (Å²) in [5.41, 5.74) is 2.38. The number of rotatable bonds is 8. The predicted octanol–water partition coefficient (Wildman–Crippen LogP) is 4.61. The molecule has 0 saturated carbocycles. The highest BCUT2D eigenvalue weighted by Crippen LogP contribution is 2.28. The van der Waals surface area contributed by atoms with Crippen molar-refractivity contribution in [2.75, 3.05) is 24.3 Å². The van der Waals surface area contributed by atoms with Gasteiger partial charge < -0.3 is 14.8 Å². The molecule has 0 atom stereocenters. The smallest absolute Gasteiger partial charge is 0.350 e. The third-order valence-electron chi connectivity index (χ3n) is 4.09. The molecule has 1 aromatic carbocycles. The Labute approximate surface area is 183 Å². The second-order valence-corrected chi connectivity index (χ2v) is 8.35. The first kappa shape index (κ1) is 22.0. The lowest BCUT2D eigenvalue weighted by atomic mass is 10.1. The van der Waals surface area contributed by atoms with E-state index in [0.29, 0.717) is 28.9 Å². The fraction of sp³-hybridized carbons (Fsp3) is 0.333. The van der Waals surface area contributed by atoms with Gasteiger partial charge in [-0.25, -0.2) is 14.8 Å². The standard InChI is InChI=1S/C21H23N3O4S2/c1-5-27-15-7-8-16-14(10-15)9-12(3)19(23-16)29-11-17(25)24-21-22-13(4)18(30-21)20(26)28-6-2/h7-10H,5-6,11H2,1-4H3,(H,22,24,25). The Morgan fingerprint density at radius 3 is 2.67 bits per heavy atom. The molecular formula is C21H23N3O4S2. The number of fused-ring (bicyclic) bond motifs is 1. The fourth-order valence-electron chi connectivity index (χ4n) is 2.77. The van der Waals surface area contributed by atoms with Crippen molar-refractivity contribution in [2.45, 2.75) is 32.7 Å². The first-order valence-electron chi connectivity index (χ1n) is 9.52. The van der Waals surface area contributed by atoms with Gasteiger partial charge in [0.15, 0.2) is 5.13 Å². The molecule has 0 aliphatic carbocycles. The van der Waals surface area contributed by atoms with Gasteiger partial charge in [0.2, 0.25) is 5.91 Å². The maximum absolute atomic E-state index is 12.4. The summed E-state index contributed by atoms with van der Waals surface area (Å²) in [5.74, 6) is 0.360. The summed E-state index contributed by atoms with van der Waals surface area (Å²) in [6.07, 6.45) is 0. The van der Waals surface area contributed by atoms with E-state index in [2.05, 4.69) is 15.3 Å². The van der Waals surface area contributed by atoms with Crippen molar-refractivity contribution in [1.29, 1.82) is 0 Å². The molecule has 0 bridgehead atoms. The Bertz CT molecular complexity index is 1080. The number of carbonyl (C=O) groups excluding carboxylic acids is 2. The van der Waals surface area contributed by atoms with Crippen LogP contribution in [-0.2, 0) is 9.53 Å². The van der Waals surface area contributed by atoms with Crippen LogP contribution in [0, 0.1) is 13.8 Å². The number of aromatic nitrogens is 2. The van der Waals surface area contributed by atoms with Crippen LogP contribution in [0.3, 0.4) is 0 Å². The number of carbonyl (C=O) groups is 2. The predicted molar refractivity (Wildman–Crippen MR) is 120 cm³/mol. The summed E-state index contributed by atoms with van der Waals surface area (Å²) in [5, 5.41) is 4.92. The lowest BCUT2D eigenvalue weighted by molar-refractivity contribution is -0.113. The second kappa shape index (κ2) is 9.90. The van der Waals surface area contributed by atoms with Gasteiger partial charge in [-0.05, 0) is 57.5 Å². The van der Waals surface area contributed by atoms with Crippen LogP contribution < -0.4 is 10.1 Å². The molecule has 9 heteroatoms. The van der Waals surface area contributed by atoms with E-state index < -0.39 is 5.97 Å². The third-order valence-corrected chi connectivity index (χ3v) is 6.23. The van der Waals surface area contributed by atoms with Crippen molar-refractivity contribution in [1.82, 2.24) is 9.97 Å². The molecule has 1 N–H and O–H groups in total. The van der Waals surface area contributed by atoms with Crippen molar-refractivity contribution in [3.05, 3.63) is 40.4 Å². The second-order valence-electron chi connectivity index (χ2n) is 6.39. The van der Waals surface area contributed by atoms with Gasteiger partial charge in [-0.15, -0.1) is 0 Å². The molecule has 0 aliphatic heterocycles. The Balaban J connectivity index is 1.65. The zero-order valence-corrected chi connectivity index (χ0v) is 18.9. The molecule has 0 fully saturated rings. The van der Waals surface area contributed by atoms with Crippen molar-refractivity contribution in [2.24, 2.45) is 0 Å². The summed E-state index contributed by atoms with van der Waals surface area (Å²) < 4.78 is 10.5. The maximum atomic E-state index is 12.4. The summed E-state index contributed by atoms with van der Waals surface area (Å²) in [6, 6.07) is 7.81. The molecule has 0 radical (unpaired) electrons. The summed E-state index contributed by atoms with van der Waals surface area (Å²) in [6.45, 7) is 8.28. The molecule has 2 aromatic heterocycles. The number of thiazole rings is 1. The quantitative estimate of drug-likeness (QED) is 0.400. The molecule has 0 aliphatic rings. The Morgan fingerprint density at radius 1 is 1.13 bits per heavy atom. The van der Waals surface area contributed by atoms with E-state index in [1.807, 2.05) is 38.1 Å². The molecule has 3 rings (SSSR count). The first-order valence-corrected chi connectivity index (χ1v) is 11.3. The molecule has 3 aromatic rings. The molecule has 158 valence electrons. The number of benzene rings is 1. The number of hydrogen-bond donors (Lipinski definition) is 1. The number of hydrogen-bond acceptors (Lipinski definition) is 8. The number of anilines is 1. The highest BCUT2D eigenvalue weighted by atomic mass is 32.2. The molecule has 0 saturated heterocycles. The summed E-state index contributed by atoms with van der Waals surface area (Å²) in [7, 11) is 0. The van der Waals surface area contributed by atoms with E-state index in [9.17, 15) is 9.59 Å². The van der Waals surface area contributed by atoms with Gasteiger partial charge >= 0.3 is 5.97 Å². The zero-order valence-electron chi connectivity index (χ0n) is 17.3. The highest BCUT2D eigenvalue weighted by Gasteiger charge is 2.18. The van der Waals surface area contributed by atoms with Gasteiger partial charge in [-0.3, -0.25) is 4.79 Å². The molecule has 7 nitrogen and oxygen atoms in total. The lowest BCUT2D eigenvalue weighted by Crippen LogP contribution is -2.14. The van der Waals surface area contributed by atoms with E-state index in [1.165, 1.54) is 11.8 Å². The van der Waals surface area contributed by atoms with Crippen LogP contribution >= 0.6 is 23.1 Å². The first-order chi connectivity index (χ1) is 14.4. The van der Waals surface area contributed by atoms with Crippen molar-refractivity contribution < 1.29 is 19.1 Å². The molecule has 2 heterocycles. The molecule has 1 amide bonds. The molecule has 30 heavy (non-hydrogen) atoms. The van der Waals surface area contributed by atoms with E-state index in [4.69, 9.17) is 9.47 Å². The van der Waals surface area contributed by atoms with Crippen LogP contribution in [0.5, 0.6) is 5.75 Å². The SMILES string of the molecule is CCOC(=O)c1sc(NC(=O)CSc2nc3ccc(OCC)cc3cc2C)nc1C. The average molecular weight is 446 g/mol. The largest absolute Gasteiger partial charge is 0.494 e. The van der Waals surface area contributed by atoms with Crippen molar-refractivity contribution in [3.8, 4) is 5.75 Å². The number of nitrogens with one attached hydrogen (secondary N) is 1. The van der Waals surface area contributed by atoms with Crippen LogP contribution in [-0.4, -0.2) is 40.8 Å². The van der Waals surface area contributed by atoms with Crippen LogP contribution in [0.4, 0.5) is 5.13 Å². The van der Waals surface area contributed by atoms with E-state index in [1.54, 1.807) is 13.8 Å². The lowest BCUT2D eigenvalue weighted by Gasteiger charge is -2.09. The number of nitrogens with zero attached hydrogens (tertiary/aromatic N) is 2. The summed E-state index contributed by atoms with van der Waals surface area (Å²) in [4.78, 5) is 33.6. The van der Waals surface area contributed by atoms with Gasteiger partial charge in [-0.1, -0.05) is 23.1 Å². The number of ether oxygens (including phenoxy) is 2. The van der Waals surface area contributed by atoms with Crippen molar-refractivity contribution >= 4 is 51.0 Å². The van der Waals surface area contributed by atoms with E-state index in [-0.39, 0.29) is 11.7 Å². The minimum atomic E-state index is -0.425. The van der Waals surface area contributed by atoms with Crippen LogP contribution in [0.1, 0.15) is 34.8 Å². The van der Waals surface area contributed by atoms with Gasteiger partial charge in [0, 0.05) is 5.39 Å². The van der Waals surface area contributed by atoms with Gasteiger partial charge in [0.05, 0.1) is 30.2 Å². The number of pyridine rings is 1. The van der Waals surface area contributed by atoms with Gasteiger partial charge in [0.25, 0.3) is 0 Å². The normalized spacial score (nSPS) is 10.8. The Hall–Kier alpha value is -2.65.